The molecule has 0 radical (unpaired) electrons. The molecule has 0 saturated heterocycles. The van der Waals surface area contributed by atoms with Gasteiger partial charge in [0.15, 0.2) is 0 Å². The van der Waals surface area contributed by atoms with Gasteiger partial charge in [-0.1, -0.05) is 0 Å². The Bertz CT molecular complexity index is 750. The zero-order valence-electron chi connectivity index (χ0n) is 12.4. The van der Waals surface area contributed by atoms with Gasteiger partial charge in [-0.3, -0.25) is 0 Å². The quantitative estimate of drug-likeness (QED) is 0.290. The molecule has 10 heteroatoms. The molecule has 0 amide bonds. The van der Waals surface area contributed by atoms with Crippen LogP contribution in [0.3, 0.4) is 0 Å². The first kappa shape index (κ1) is 20.7. The summed E-state index contributed by atoms with van der Waals surface area (Å²) in [4.78, 5) is 11.2. The van der Waals surface area contributed by atoms with Crippen molar-refractivity contribution < 1.29 is 34.0 Å². The van der Waals surface area contributed by atoms with Crippen LogP contribution in [0, 0.1) is 13.4 Å². The molecule has 0 spiro atoms. The average molecular weight is 478 g/mol. The van der Waals surface area contributed by atoms with E-state index in [0.29, 0.717) is 12.8 Å². The Kier molecular flexibility index (Phi) is 7.50. The fourth-order valence-electron chi connectivity index (χ4n) is 1.38. The Morgan fingerprint density at radius 1 is 1.33 bits per heavy atom. The molecule has 0 aliphatic carbocycles. The van der Waals surface area contributed by atoms with Crippen molar-refractivity contribution in [2.75, 3.05) is 0 Å². The van der Waals surface area contributed by atoms with Crippen LogP contribution in [0.1, 0.15) is 36.5 Å². The molecule has 0 aliphatic rings. The van der Waals surface area contributed by atoms with Gasteiger partial charge in [-0.25, -0.2) is 0 Å². The normalized spacial score (nSPS) is 12.2. The van der Waals surface area contributed by atoms with Gasteiger partial charge < -0.3 is 0 Å². The first-order valence-corrected chi connectivity index (χ1v) is 11.1. The number of rotatable bonds is 6. The first-order valence-electron chi connectivity index (χ1n) is 6.62. The number of alkyl halides is 3. The van der Waals surface area contributed by atoms with E-state index in [1.807, 2.05) is 6.92 Å². The van der Waals surface area contributed by atoms with Gasteiger partial charge >= 0.3 is 145 Å². The van der Waals surface area contributed by atoms with E-state index >= 15 is 0 Å². The molecular formula is C14H14F3IO5S. The number of carbonyl (C=O) groups is 1. The fourth-order valence-corrected chi connectivity index (χ4v) is 6.97. The summed E-state index contributed by atoms with van der Waals surface area (Å²) >= 11 is -3.72. The van der Waals surface area contributed by atoms with Gasteiger partial charge in [0.05, 0.1) is 0 Å². The van der Waals surface area contributed by atoms with Crippen LogP contribution < -0.4 is 0 Å². The van der Waals surface area contributed by atoms with E-state index in [9.17, 15) is 26.4 Å². The molecule has 0 aliphatic heterocycles. The third-order valence-electron chi connectivity index (χ3n) is 2.53. The number of hydrogen-bond donors (Lipinski definition) is 1. The Balaban J connectivity index is 3.30. The second kappa shape index (κ2) is 8.68. The summed E-state index contributed by atoms with van der Waals surface area (Å²) in [7, 11) is -5.86. The summed E-state index contributed by atoms with van der Waals surface area (Å²) < 4.78 is 66.9. The topological polar surface area (TPSA) is 80.7 Å². The van der Waals surface area contributed by atoms with Gasteiger partial charge in [0, 0.05) is 0 Å². The van der Waals surface area contributed by atoms with Crippen LogP contribution in [-0.4, -0.2) is 25.0 Å². The Morgan fingerprint density at radius 2 is 1.96 bits per heavy atom. The van der Waals surface area contributed by atoms with E-state index in [1.54, 1.807) is 0 Å². The molecule has 0 unspecified atom stereocenters. The molecule has 0 atom stereocenters. The van der Waals surface area contributed by atoms with Gasteiger partial charge in [-0.2, -0.15) is 0 Å². The molecule has 0 bridgehead atoms. The minimum atomic E-state index is -5.86. The van der Waals surface area contributed by atoms with E-state index in [1.165, 1.54) is 24.3 Å². The van der Waals surface area contributed by atoms with E-state index in [-0.39, 0.29) is 9.13 Å². The second-order valence-electron chi connectivity index (χ2n) is 4.37. The van der Waals surface area contributed by atoms with Crippen molar-refractivity contribution in [1.82, 2.24) is 0 Å². The number of carboxylic acids is 1. The van der Waals surface area contributed by atoms with Crippen molar-refractivity contribution in [2.24, 2.45) is 0 Å². The Hall–Kier alpha value is -1.32. The SMILES string of the molecule is CCCCC#CI(OS(=O)(=O)C(F)(F)F)c1ccccc1C(=O)O. The van der Waals surface area contributed by atoms with Crippen molar-refractivity contribution in [1.29, 1.82) is 0 Å². The summed E-state index contributed by atoms with van der Waals surface area (Å²) in [6, 6.07) is 5.17. The summed E-state index contributed by atoms with van der Waals surface area (Å²) in [5, 5.41) is 9.13. The number of halogens is 4. The van der Waals surface area contributed by atoms with Crippen molar-refractivity contribution in [3.05, 3.63) is 33.4 Å². The summed E-state index contributed by atoms with van der Waals surface area (Å²) in [5.74, 6) is 1.20. The number of hydrogen-bond acceptors (Lipinski definition) is 4. The standard InChI is InChI=1S/C14H14F3IO5S/c1-2-3-4-7-10-18(23-24(21,22)14(15,16)17)12-9-6-5-8-11(12)13(19)20/h5-6,8-9H,2-4H2,1H3,(H,19,20). The van der Waals surface area contributed by atoms with Crippen molar-refractivity contribution >= 4 is 36.3 Å². The molecule has 5 nitrogen and oxygen atoms in total. The van der Waals surface area contributed by atoms with Crippen LogP contribution in [0.15, 0.2) is 24.3 Å². The zero-order valence-corrected chi connectivity index (χ0v) is 15.4. The zero-order chi connectivity index (χ0) is 18.4. The van der Waals surface area contributed by atoms with Gasteiger partial charge in [-0.15, -0.1) is 0 Å². The number of aromatic carboxylic acids is 1. The monoisotopic (exact) mass is 478 g/mol. The maximum atomic E-state index is 12.6. The van der Waals surface area contributed by atoms with Gasteiger partial charge in [0.25, 0.3) is 0 Å². The molecule has 0 saturated carbocycles. The Labute approximate surface area is 145 Å². The van der Waals surface area contributed by atoms with E-state index in [4.69, 9.17) is 5.11 Å². The van der Waals surface area contributed by atoms with Crippen molar-refractivity contribution in [3.8, 4) is 9.85 Å². The van der Waals surface area contributed by atoms with Crippen molar-refractivity contribution in [2.45, 2.75) is 31.7 Å². The fraction of sp³-hybridized carbons (Fsp3) is 0.357. The molecule has 1 aromatic carbocycles. The molecule has 1 N–H and O–H groups in total. The second-order valence-corrected chi connectivity index (χ2v) is 10.1. The molecular weight excluding hydrogens is 464 g/mol. The summed E-state index contributed by atoms with van der Waals surface area (Å²) in [6.07, 6.45) is 1.84. The summed E-state index contributed by atoms with van der Waals surface area (Å²) in [5.41, 5.74) is -5.91. The van der Waals surface area contributed by atoms with Crippen LogP contribution in [0.2, 0.25) is 0 Å². The van der Waals surface area contributed by atoms with Crippen LogP contribution in [0.5, 0.6) is 0 Å². The van der Waals surface area contributed by atoms with Crippen LogP contribution in [0.25, 0.3) is 0 Å². The number of benzene rings is 1. The van der Waals surface area contributed by atoms with E-state index < -0.39 is 41.8 Å². The molecule has 1 rings (SSSR count). The Morgan fingerprint density at radius 3 is 2.50 bits per heavy atom. The molecule has 134 valence electrons. The summed E-state index contributed by atoms with van der Waals surface area (Å²) in [6.45, 7) is 1.89. The number of unbranched alkanes of at least 4 members (excludes halogenated alkanes) is 2. The van der Waals surface area contributed by atoms with Gasteiger partial charge in [0.1, 0.15) is 0 Å². The minimum absolute atomic E-state index is 0.106. The van der Waals surface area contributed by atoms with Crippen LogP contribution in [0.4, 0.5) is 13.2 Å². The molecule has 0 heterocycles. The predicted molar refractivity (Wildman–Crippen MR) is 89.5 cm³/mol. The molecule has 0 aromatic heterocycles. The predicted octanol–water partition coefficient (Wildman–Crippen LogP) is 3.99. The molecule has 24 heavy (non-hydrogen) atoms. The maximum absolute atomic E-state index is 12.6. The average Bonchev–Trinajstić information content (AvgIpc) is 2.49. The van der Waals surface area contributed by atoms with E-state index in [0.717, 1.165) is 6.42 Å². The van der Waals surface area contributed by atoms with Crippen LogP contribution >= 0.6 is 20.2 Å². The molecule has 1 aromatic rings. The third-order valence-corrected chi connectivity index (χ3v) is 8.75. The third kappa shape index (κ3) is 5.64. The number of carboxylic acid groups (broad SMARTS) is 1. The van der Waals surface area contributed by atoms with Gasteiger partial charge in [-0.05, 0) is 0 Å². The van der Waals surface area contributed by atoms with E-state index in [2.05, 4.69) is 12.4 Å². The molecule has 0 fully saturated rings. The van der Waals surface area contributed by atoms with Crippen LogP contribution in [-0.2, 0) is 12.6 Å². The first-order chi connectivity index (χ1) is 11.1. The van der Waals surface area contributed by atoms with Gasteiger partial charge in [0.2, 0.25) is 0 Å². The van der Waals surface area contributed by atoms with Crippen molar-refractivity contribution in [3.63, 3.8) is 0 Å².